The van der Waals surface area contributed by atoms with Crippen molar-refractivity contribution < 1.29 is 13.2 Å². The van der Waals surface area contributed by atoms with Crippen LogP contribution in [0.1, 0.15) is 51.9 Å². The highest BCUT2D eigenvalue weighted by molar-refractivity contribution is 7.89. The summed E-state index contributed by atoms with van der Waals surface area (Å²) in [5, 5.41) is 3.54. The van der Waals surface area contributed by atoms with Crippen LogP contribution in [0.2, 0.25) is 5.02 Å². The first-order valence-corrected chi connectivity index (χ1v) is 13.0. The number of hydrogen-bond donors (Lipinski definition) is 1. The van der Waals surface area contributed by atoms with E-state index in [0.29, 0.717) is 30.6 Å². The number of nitrogens with one attached hydrogen (secondary N) is 1. The molecule has 2 fully saturated rings. The van der Waals surface area contributed by atoms with Gasteiger partial charge in [0.15, 0.2) is 0 Å². The van der Waals surface area contributed by atoms with Gasteiger partial charge in [-0.3, -0.25) is 4.79 Å². The maximum Gasteiger partial charge on any atom is 0.243 e. The van der Waals surface area contributed by atoms with E-state index in [2.05, 4.69) is 17.1 Å². The van der Waals surface area contributed by atoms with Crippen molar-refractivity contribution in [3.63, 3.8) is 0 Å². The fourth-order valence-corrected chi connectivity index (χ4v) is 6.23. The van der Waals surface area contributed by atoms with Crippen LogP contribution in [0.15, 0.2) is 29.2 Å². The zero-order valence-corrected chi connectivity index (χ0v) is 19.4. The minimum Gasteiger partial charge on any atom is -0.356 e. The number of rotatable bonds is 8. The second kappa shape index (κ2) is 10.9. The molecule has 30 heavy (non-hydrogen) atoms. The highest BCUT2D eigenvalue weighted by Crippen LogP contribution is 2.25. The molecule has 6 nitrogen and oxygen atoms in total. The van der Waals surface area contributed by atoms with E-state index in [0.717, 1.165) is 25.9 Å². The molecular weight excluding hydrogens is 422 g/mol. The summed E-state index contributed by atoms with van der Waals surface area (Å²) < 4.78 is 27.2. The van der Waals surface area contributed by atoms with E-state index in [1.165, 1.54) is 42.1 Å². The third kappa shape index (κ3) is 5.96. The lowest BCUT2D eigenvalue weighted by Gasteiger charge is -2.35. The van der Waals surface area contributed by atoms with Crippen molar-refractivity contribution in [2.75, 3.05) is 32.7 Å². The van der Waals surface area contributed by atoms with Crippen LogP contribution in [0, 0.1) is 5.92 Å². The van der Waals surface area contributed by atoms with Crippen molar-refractivity contribution in [1.29, 1.82) is 0 Å². The molecule has 0 saturated carbocycles. The van der Waals surface area contributed by atoms with Crippen LogP contribution < -0.4 is 5.32 Å². The number of carbonyl (C=O) groups is 1. The first-order chi connectivity index (χ1) is 14.4. The van der Waals surface area contributed by atoms with Gasteiger partial charge in [-0.2, -0.15) is 4.31 Å². The monoisotopic (exact) mass is 455 g/mol. The molecule has 0 aromatic heterocycles. The normalized spacial score (nSPS) is 23.9. The van der Waals surface area contributed by atoms with Crippen LogP contribution in [0.5, 0.6) is 0 Å². The molecule has 2 atom stereocenters. The average molecular weight is 456 g/mol. The van der Waals surface area contributed by atoms with Gasteiger partial charge >= 0.3 is 0 Å². The van der Waals surface area contributed by atoms with Gasteiger partial charge < -0.3 is 10.2 Å². The van der Waals surface area contributed by atoms with Crippen LogP contribution in [0.4, 0.5) is 0 Å². The second-order valence-electron chi connectivity index (χ2n) is 8.39. The maximum atomic E-state index is 12.9. The third-order valence-electron chi connectivity index (χ3n) is 6.35. The van der Waals surface area contributed by atoms with Gasteiger partial charge in [-0.05, 0) is 69.3 Å². The molecule has 0 spiro atoms. The molecule has 1 amide bonds. The Morgan fingerprint density at radius 3 is 2.63 bits per heavy atom. The number of nitrogens with zero attached hydrogens (tertiary/aromatic N) is 2. The Morgan fingerprint density at radius 1 is 1.13 bits per heavy atom. The minimum absolute atomic E-state index is 0.0308. The Hall–Kier alpha value is -1.15. The van der Waals surface area contributed by atoms with Crippen molar-refractivity contribution >= 4 is 27.5 Å². The predicted molar refractivity (Wildman–Crippen MR) is 120 cm³/mol. The first kappa shape index (κ1) is 23.5. The Bertz CT molecular complexity index is 800. The summed E-state index contributed by atoms with van der Waals surface area (Å²) in [7, 11) is -3.61. The van der Waals surface area contributed by atoms with Gasteiger partial charge in [-0.25, -0.2) is 8.42 Å². The van der Waals surface area contributed by atoms with Crippen LogP contribution in [0.25, 0.3) is 0 Å². The smallest absolute Gasteiger partial charge is 0.243 e. The highest BCUT2D eigenvalue weighted by Gasteiger charge is 2.33. The average Bonchev–Trinajstić information content (AvgIpc) is 2.77. The van der Waals surface area contributed by atoms with Gasteiger partial charge in [-0.15, -0.1) is 0 Å². The van der Waals surface area contributed by atoms with Gasteiger partial charge in [0.2, 0.25) is 15.9 Å². The van der Waals surface area contributed by atoms with E-state index < -0.39 is 10.0 Å². The van der Waals surface area contributed by atoms with E-state index >= 15 is 0 Å². The van der Waals surface area contributed by atoms with Crippen molar-refractivity contribution in [1.82, 2.24) is 14.5 Å². The zero-order valence-electron chi connectivity index (χ0n) is 17.9. The van der Waals surface area contributed by atoms with Crippen molar-refractivity contribution in [3.8, 4) is 0 Å². The SMILES string of the molecule is CC[C@H]1CCCCN1CCCNC(=O)[C@@H]1CCCN(S(=O)(=O)c2ccc(Cl)cc2)C1. The van der Waals surface area contributed by atoms with Gasteiger partial charge in [0.1, 0.15) is 0 Å². The van der Waals surface area contributed by atoms with Crippen molar-refractivity contribution in [2.45, 2.75) is 62.8 Å². The number of sulfonamides is 1. The fourth-order valence-electron chi connectivity index (χ4n) is 4.59. The van der Waals surface area contributed by atoms with Crippen LogP contribution in [-0.4, -0.2) is 62.3 Å². The molecule has 2 heterocycles. The van der Waals surface area contributed by atoms with Crippen molar-refractivity contribution in [2.24, 2.45) is 5.92 Å². The van der Waals surface area contributed by atoms with E-state index in [9.17, 15) is 13.2 Å². The molecular formula is C22H34ClN3O3S. The quantitative estimate of drug-likeness (QED) is 0.609. The molecule has 8 heteroatoms. The number of benzene rings is 1. The summed E-state index contributed by atoms with van der Waals surface area (Å²) in [4.78, 5) is 15.4. The molecule has 3 rings (SSSR count). The molecule has 1 aromatic rings. The molecule has 2 aliphatic rings. The Balaban J connectivity index is 1.47. The minimum atomic E-state index is -3.61. The topological polar surface area (TPSA) is 69.7 Å². The van der Waals surface area contributed by atoms with Gasteiger partial charge in [0, 0.05) is 37.2 Å². The second-order valence-corrected chi connectivity index (χ2v) is 10.8. The van der Waals surface area contributed by atoms with E-state index in [-0.39, 0.29) is 23.3 Å². The number of hydrogen-bond acceptors (Lipinski definition) is 4. The predicted octanol–water partition coefficient (Wildman–Crippen LogP) is 3.51. The molecule has 2 saturated heterocycles. The van der Waals surface area contributed by atoms with Crippen molar-refractivity contribution in [3.05, 3.63) is 29.3 Å². The first-order valence-electron chi connectivity index (χ1n) is 11.2. The van der Waals surface area contributed by atoms with Gasteiger partial charge in [0.25, 0.3) is 0 Å². The molecule has 0 bridgehead atoms. The van der Waals surface area contributed by atoms with Crippen LogP contribution in [0.3, 0.4) is 0 Å². The summed E-state index contributed by atoms with van der Waals surface area (Å²) in [5.41, 5.74) is 0. The van der Waals surface area contributed by atoms with Crippen LogP contribution in [-0.2, 0) is 14.8 Å². The van der Waals surface area contributed by atoms with Gasteiger partial charge in [0.05, 0.1) is 10.8 Å². The summed E-state index contributed by atoms with van der Waals surface area (Å²) in [6, 6.07) is 6.87. The number of piperidine rings is 2. The summed E-state index contributed by atoms with van der Waals surface area (Å²) in [6.45, 7) is 5.75. The molecule has 168 valence electrons. The third-order valence-corrected chi connectivity index (χ3v) is 8.48. The number of halogens is 1. The fraction of sp³-hybridized carbons (Fsp3) is 0.682. The highest BCUT2D eigenvalue weighted by atomic mass is 35.5. The summed E-state index contributed by atoms with van der Waals surface area (Å²) in [5.74, 6) is -0.323. The van der Waals surface area contributed by atoms with E-state index in [4.69, 9.17) is 11.6 Å². The largest absolute Gasteiger partial charge is 0.356 e. The number of likely N-dealkylation sites (tertiary alicyclic amines) is 1. The van der Waals surface area contributed by atoms with E-state index in [1.54, 1.807) is 12.1 Å². The Morgan fingerprint density at radius 2 is 1.90 bits per heavy atom. The number of carbonyl (C=O) groups excluding carboxylic acids is 1. The van der Waals surface area contributed by atoms with Crippen LogP contribution >= 0.6 is 11.6 Å². The maximum absolute atomic E-state index is 12.9. The lowest BCUT2D eigenvalue weighted by atomic mass is 9.98. The zero-order chi connectivity index (χ0) is 21.6. The Kier molecular flexibility index (Phi) is 8.57. The molecule has 1 aromatic carbocycles. The lowest BCUT2D eigenvalue weighted by Crippen LogP contribution is -2.46. The molecule has 2 aliphatic heterocycles. The lowest BCUT2D eigenvalue weighted by molar-refractivity contribution is -0.126. The standard InChI is InChI=1S/C22H34ClN3O3S/c1-2-20-8-3-4-14-25(20)15-6-13-24-22(27)18-7-5-16-26(17-18)30(28,29)21-11-9-19(23)10-12-21/h9-12,18,20H,2-8,13-17H2,1H3,(H,24,27)/t18-,20+/m1/s1. The Labute approximate surface area is 186 Å². The molecule has 0 aliphatic carbocycles. The molecule has 0 unspecified atom stereocenters. The van der Waals surface area contributed by atoms with Gasteiger partial charge in [-0.1, -0.05) is 24.9 Å². The molecule has 1 N–H and O–H groups in total. The molecule has 0 radical (unpaired) electrons. The summed E-state index contributed by atoms with van der Waals surface area (Å²) >= 11 is 5.87. The summed E-state index contributed by atoms with van der Waals surface area (Å²) in [6.07, 6.45) is 7.40. The van der Waals surface area contributed by atoms with E-state index in [1.807, 2.05) is 0 Å². The number of amides is 1.